The first-order valence-electron chi connectivity index (χ1n) is 12.4. The van der Waals surface area contributed by atoms with Crippen molar-refractivity contribution >= 4 is 11.0 Å². The molecule has 2 aliphatic rings. The molecule has 0 unspecified atom stereocenters. The first-order chi connectivity index (χ1) is 19.5. The van der Waals surface area contributed by atoms with Crippen LogP contribution in [-0.4, -0.2) is 114 Å². The molecule has 5 rings (SSSR count). The van der Waals surface area contributed by atoms with E-state index in [1.165, 1.54) is 30.3 Å². The Morgan fingerprint density at radius 3 is 2.20 bits per heavy atom. The van der Waals surface area contributed by atoms with Crippen LogP contribution in [0.2, 0.25) is 0 Å². The highest BCUT2D eigenvalue weighted by Gasteiger charge is 2.45. The van der Waals surface area contributed by atoms with E-state index in [1.54, 1.807) is 0 Å². The zero-order valence-electron chi connectivity index (χ0n) is 21.0. The van der Waals surface area contributed by atoms with Gasteiger partial charge in [-0.15, -0.1) is 0 Å². The van der Waals surface area contributed by atoms with Gasteiger partial charge in [0.15, 0.2) is 5.76 Å². The summed E-state index contributed by atoms with van der Waals surface area (Å²) in [6, 6.07) is 7.51. The van der Waals surface area contributed by atoms with Gasteiger partial charge in [-0.2, -0.15) is 0 Å². The number of rotatable bonds is 6. The van der Waals surface area contributed by atoms with Crippen molar-refractivity contribution < 1.29 is 69.3 Å². The fourth-order valence-electron chi connectivity index (χ4n) is 4.53. The second-order valence-electron chi connectivity index (χ2n) is 9.64. The third-order valence-corrected chi connectivity index (χ3v) is 6.82. The Balaban J connectivity index is 1.58. The number of benzene rings is 2. The Morgan fingerprint density at radius 2 is 1.51 bits per heavy atom. The van der Waals surface area contributed by atoms with Crippen LogP contribution >= 0.6 is 0 Å². The minimum Gasteiger partial charge on any atom is -0.508 e. The van der Waals surface area contributed by atoms with Crippen molar-refractivity contribution in [2.24, 2.45) is 0 Å². The van der Waals surface area contributed by atoms with Gasteiger partial charge in [-0.1, -0.05) is 0 Å². The number of aromatic hydroxyl groups is 2. The molecule has 15 nitrogen and oxygen atoms in total. The number of hydrogen-bond acceptors (Lipinski definition) is 15. The molecule has 222 valence electrons. The smallest absolute Gasteiger partial charge is 0.239 e. The largest absolute Gasteiger partial charge is 0.508 e. The van der Waals surface area contributed by atoms with Crippen LogP contribution in [0.15, 0.2) is 45.6 Å². The van der Waals surface area contributed by atoms with Crippen molar-refractivity contribution in [1.29, 1.82) is 0 Å². The number of aliphatic hydroxyl groups is 7. The monoisotopic (exact) mass is 580 g/mol. The van der Waals surface area contributed by atoms with Gasteiger partial charge in [0.1, 0.15) is 70.9 Å². The summed E-state index contributed by atoms with van der Waals surface area (Å²) in [5.74, 6) is -1.76. The van der Waals surface area contributed by atoms with Gasteiger partial charge in [-0.25, -0.2) is 0 Å². The fourth-order valence-corrected chi connectivity index (χ4v) is 4.53. The molecule has 9 atom stereocenters. The molecular formula is C26H28O15. The van der Waals surface area contributed by atoms with E-state index in [0.29, 0.717) is 0 Å². The molecule has 0 aliphatic carbocycles. The van der Waals surface area contributed by atoms with Gasteiger partial charge in [0.25, 0.3) is 0 Å². The average Bonchev–Trinajstić information content (AvgIpc) is 2.95. The van der Waals surface area contributed by atoms with E-state index < -0.39 is 84.2 Å². The quantitative estimate of drug-likeness (QED) is 0.151. The highest BCUT2D eigenvalue weighted by molar-refractivity contribution is 5.88. The molecule has 41 heavy (non-hydrogen) atoms. The predicted octanol–water partition coefficient (Wildman–Crippen LogP) is -2.13. The second-order valence-corrected chi connectivity index (χ2v) is 9.64. The molecule has 2 saturated heterocycles. The normalized spacial score (nSPS) is 32.1. The van der Waals surface area contributed by atoms with E-state index in [0.717, 1.165) is 6.07 Å². The van der Waals surface area contributed by atoms with Crippen molar-refractivity contribution in [1.82, 2.24) is 0 Å². The maximum Gasteiger partial charge on any atom is 0.239 e. The summed E-state index contributed by atoms with van der Waals surface area (Å²) in [5.41, 5.74) is -1.00. The summed E-state index contributed by atoms with van der Waals surface area (Å²) in [4.78, 5) is 13.7. The van der Waals surface area contributed by atoms with Crippen molar-refractivity contribution in [3.8, 4) is 34.3 Å². The van der Waals surface area contributed by atoms with Crippen molar-refractivity contribution in [2.45, 2.75) is 55.3 Å². The topological polar surface area (TPSA) is 249 Å². The van der Waals surface area contributed by atoms with Crippen LogP contribution in [0.3, 0.4) is 0 Å². The first kappa shape index (κ1) is 29.0. The number of ether oxygens (including phenoxy) is 4. The zero-order valence-corrected chi connectivity index (χ0v) is 21.0. The Morgan fingerprint density at radius 1 is 0.829 bits per heavy atom. The highest BCUT2D eigenvalue weighted by atomic mass is 16.7. The van der Waals surface area contributed by atoms with Crippen LogP contribution in [0.4, 0.5) is 0 Å². The Hall–Kier alpha value is -3.51. The molecule has 15 heteroatoms. The van der Waals surface area contributed by atoms with Gasteiger partial charge in [-0.3, -0.25) is 4.79 Å². The average molecular weight is 580 g/mol. The third kappa shape index (κ3) is 5.42. The zero-order chi connectivity index (χ0) is 29.6. The number of hydrogen-bond donors (Lipinski definition) is 9. The fraction of sp³-hybridized carbons (Fsp3) is 0.423. The molecule has 1 aromatic heterocycles. The maximum atomic E-state index is 13.7. The number of phenolic OH excluding ortho intramolecular Hbond substituents is 2. The molecule has 0 saturated carbocycles. The molecule has 2 aliphatic heterocycles. The van der Waals surface area contributed by atoms with Gasteiger partial charge in [0.2, 0.25) is 23.8 Å². The lowest BCUT2D eigenvalue weighted by molar-refractivity contribution is -0.277. The molecule has 3 heterocycles. The van der Waals surface area contributed by atoms with Crippen molar-refractivity contribution in [3.63, 3.8) is 0 Å². The van der Waals surface area contributed by atoms with Gasteiger partial charge in [0.05, 0.1) is 13.2 Å². The van der Waals surface area contributed by atoms with E-state index in [9.17, 15) is 50.8 Å². The Kier molecular flexibility index (Phi) is 8.06. The summed E-state index contributed by atoms with van der Waals surface area (Å²) >= 11 is 0. The summed E-state index contributed by atoms with van der Waals surface area (Å²) in [7, 11) is 0. The van der Waals surface area contributed by atoms with Crippen LogP contribution < -0.4 is 14.9 Å². The van der Waals surface area contributed by atoms with Crippen molar-refractivity contribution in [2.75, 3.05) is 13.2 Å². The minimum absolute atomic E-state index is 0.111. The summed E-state index contributed by atoms with van der Waals surface area (Å²) in [5, 5.41) is 90.0. The van der Waals surface area contributed by atoms with E-state index in [2.05, 4.69) is 0 Å². The van der Waals surface area contributed by atoms with Crippen LogP contribution in [0.5, 0.6) is 23.0 Å². The van der Waals surface area contributed by atoms with E-state index in [-0.39, 0.29) is 35.0 Å². The molecule has 0 spiro atoms. The summed E-state index contributed by atoms with van der Waals surface area (Å²) in [6.07, 6.45) is -14.5. The van der Waals surface area contributed by atoms with Gasteiger partial charge in [0, 0.05) is 17.7 Å². The maximum absolute atomic E-state index is 13.7. The Bertz CT molecular complexity index is 1440. The minimum atomic E-state index is -1.87. The molecule has 2 fully saturated rings. The van der Waals surface area contributed by atoms with Gasteiger partial charge in [-0.05, 0) is 24.3 Å². The van der Waals surface area contributed by atoms with E-state index in [4.69, 9.17) is 23.4 Å². The highest BCUT2D eigenvalue weighted by Crippen LogP contribution is 2.38. The molecule has 9 N–H and O–H groups in total. The lowest BCUT2D eigenvalue weighted by Gasteiger charge is -2.39. The second kappa shape index (κ2) is 11.4. The molecule has 0 amide bonds. The van der Waals surface area contributed by atoms with Crippen LogP contribution in [0.25, 0.3) is 22.3 Å². The van der Waals surface area contributed by atoms with Crippen LogP contribution in [0, 0.1) is 0 Å². The van der Waals surface area contributed by atoms with Crippen molar-refractivity contribution in [3.05, 3.63) is 46.6 Å². The number of fused-ring (bicyclic) bond motifs is 1. The summed E-state index contributed by atoms with van der Waals surface area (Å²) in [6.45, 7) is -1.10. The SMILES string of the molecule is O=c1c(O[C@@H]2O[C@H](CO)[C@@H](O)[C@@H](O)[C@H]2O)c(-c2ccc(O)cc2)oc2cc(O[C@H]3OC[C@@H](O)[C@@H](O)[C@H]3O)cc(O)c12. The number of aliphatic hydroxyl groups excluding tert-OH is 7. The van der Waals surface area contributed by atoms with E-state index in [1.807, 2.05) is 0 Å². The number of phenols is 2. The first-order valence-corrected chi connectivity index (χ1v) is 12.4. The van der Waals surface area contributed by atoms with Crippen LogP contribution in [-0.2, 0) is 9.47 Å². The molecule has 3 aromatic rings. The predicted molar refractivity (Wildman–Crippen MR) is 134 cm³/mol. The van der Waals surface area contributed by atoms with Crippen LogP contribution in [0.1, 0.15) is 0 Å². The molecule has 2 aromatic carbocycles. The van der Waals surface area contributed by atoms with Gasteiger partial charge >= 0.3 is 0 Å². The standard InChI is InChI=1S/C26H28O15/c27-7-15-18(32)20(34)22(36)26(40-15)41-24-19(33)16-12(29)5-11(38-25-21(35)17(31)13(30)8-37-25)6-14(16)39-23(24)9-1-3-10(28)4-2-9/h1-6,13,15,17-18,20-22,25-32,34-36H,7-8H2/t13-,15-,17-,18-,20-,21-,22-,25-,26+/m1/s1. The Labute approximate surface area is 230 Å². The van der Waals surface area contributed by atoms with Gasteiger partial charge < -0.3 is 69.3 Å². The van der Waals surface area contributed by atoms with E-state index >= 15 is 0 Å². The lowest BCUT2D eigenvalue weighted by atomic mass is 9.99. The molecule has 0 radical (unpaired) electrons. The lowest BCUT2D eigenvalue weighted by Crippen LogP contribution is -2.60. The third-order valence-electron chi connectivity index (χ3n) is 6.82. The molecule has 0 bridgehead atoms. The molecular weight excluding hydrogens is 552 g/mol. The summed E-state index contributed by atoms with van der Waals surface area (Å²) < 4.78 is 27.7.